The molecule has 2 aliphatic heterocycles. The number of ketones is 1. The van der Waals surface area contributed by atoms with Crippen LogP contribution in [0.2, 0.25) is 0 Å². The van der Waals surface area contributed by atoms with Gasteiger partial charge in [0.1, 0.15) is 17.5 Å². The third-order valence-corrected chi connectivity index (χ3v) is 19.4. The van der Waals surface area contributed by atoms with E-state index in [1.54, 1.807) is 28.4 Å². The molecule has 0 bridgehead atoms. The number of amides is 3. The normalized spacial score (nSPS) is 19.6. The van der Waals surface area contributed by atoms with Crippen molar-refractivity contribution in [2.45, 2.75) is 186 Å². The summed E-state index contributed by atoms with van der Waals surface area (Å²) in [4.78, 5) is 72.6. The van der Waals surface area contributed by atoms with Crippen molar-refractivity contribution >= 4 is 61.8 Å². The molecular formula is C61H85N9O8S2. The molecule has 1 aliphatic carbocycles. The maximum Gasteiger partial charge on any atom is 0.243 e. The number of aromatic nitrogens is 4. The molecule has 434 valence electrons. The molecule has 5 heterocycles. The maximum absolute atomic E-state index is 14.1. The van der Waals surface area contributed by atoms with Crippen molar-refractivity contribution in [3.8, 4) is 21.6 Å². The topological polar surface area (TPSA) is 220 Å². The second kappa shape index (κ2) is 27.9. The summed E-state index contributed by atoms with van der Waals surface area (Å²) < 4.78 is 31.4. The molecule has 3 atom stereocenters. The third kappa shape index (κ3) is 15.5. The second-order valence-corrected chi connectivity index (χ2v) is 26.3. The molecular weight excluding hydrogens is 1050 g/mol. The molecule has 17 nitrogen and oxygen atoms in total. The number of likely N-dealkylation sites (tertiary alicyclic amines) is 1. The zero-order valence-electron chi connectivity index (χ0n) is 47.7. The summed E-state index contributed by atoms with van der Waals surface area (Å²) in [5.74, 6) is -0.534. The minimum absolute atomic E-state index is 0.0321. The number of aryl methyl sites for hydroxylation is 1. The summed E-state index contributed by atoms with van der Waals surface area (Å²) >= 11 is 1.58. The van der Waals surface area contributed by atoms with Gasteiger partial charge in [0.05, 0.1) is 33.2 Å². The molecule has 19 heteroatoms. The quantitative estimate of drug-likeness (QED) is 0.0380. The number of benzene rings is 2. The number of aliphatic hydroxyl groups is 2. The molecule has 8 rings (SSSR count). The summed E-state index contributed by atoms with van der Waals surface area (Å²) in [6.07, 6.45) is 16.6. The molecule has 2 aromatic carbocycles. The summed E-state index contributed by atoms with van der Waals surface area (Å²) in [6, 6.07) is 14.4. The van der Waals surface area contributed by atoms with Crippen molar-refractivity contribution < 1.29 is 37.8 Å². The number of sulfonamides is 1. The Hall–Kier alpha value is -5.60. The van der Waals surface area contributed by atoms with Crippen molar-refractivity contribution in [1.82, 2.24) is 38.9 Å². The highest BCUT2D eigenvalue weighted by molar-refractivity contribution is 7.89. The Morgan fingerprint density at radius 2 is 1.45 bits per heavy atom. The number of nitrogens with zero attached hydrogens (tertiary/aromatic N) is 7. The predicted molar refractivity (Wildman–Crippen MR) is 314 cm³/mol. The number of β-amino-alcohol motifs (C(OH)–C–C–N with tert-alkyl or cyclic N) is 1. The van der Waals surface area contributed by atoms with Gasteiger partial charge in [0, 0.05) is 107 Å². The fraction of sp³-hybridized carbons (Fsp3) is 0.590. The molecule has 3 aliphatic rings. The van der Waals surface area contributed by atoms with E-state index in [2.05, 4.69) is 38.3 Å². The van der Waals surface area contributed by atoms with Crippen molar-refractivity contribution in [3.63, 3.8) is 0 Å². The lowest BCUT2D eigenvalue weighted by molar-refractivity contribution is -0.146. The maximum atomic E-state index is 14.1. The number of fused-ring (bicyclic) bond motifs is 1. The molecule has 3 fully saturated rings. The minimum atomic E-state index is -3.78. The Bertz CT molecular complexity index is 2980. The van der Waals surface area contributed by atoms with Gasteiger partial charge >= 0.3 is 0 Å². The van der Waals surface area contributed by atoms with Gasteiger partial charge in [-0.3, -0.25) is 19.2 Å². The molecule has 4 N–H and O–H groups in total. The molecule has 5 aromatic rings. The third-order valence-electron chi connectivity index (χ3n) is 16.5. The first-order valence-electron chi connectivity index (χ1n) is 29.4. The number of hydrogen-bond donors (Lipinski definition) is 4. The fourth-order valence-corrected chi connectivity index (χ4v) is 13.8. The van der Waals surface area contributed by atoms with Gasteiger partial charge < -0.3 is 35.2 Å². The van der Waals surface area contributed by atoms with Crippen LogP contribution in [0, 0.1) is 18.3 Å². The summed E-state index contributed by atoms with van der Waals surface area (Å²) in [6.45, 7) is 12.3. The predicted octanol–water partition coefficient (Wildman–Crippen LogP) is 9.85. The number of unbranched alkanes of at least 4 members (excludes halogenated alkanes) is 8. The lowest BCUT2D eigenvalue weighted by Gasteiger charge is -2.34. The fourth-order valence-electron chi connectivity index (χ4n) is 11.5. The van der Waals surface area contributed by atoms with Crippen LogP contribution in [0.4, 0.5) is 5.95 Å². The van der Waals surface area contributed by atoms with Crippen LogP contribution in [0.1, 0.15) is 161 Å². The lowest BCUT2D eigenvalue weighted by atomic mass is 9.76. The number of piperazine rings is 1. The van der Waals surface area contributed by atoms with Crippen molar-refractivity contribution in [1.29, 1.82) is 0 Å². The van der Waals surface area contributed by atoms with Gasteiger partial charge in [-0.1, -0.05) is 109 Å². The SMILES string of the molecule is CCCCNc1ncc2c(-c3ccc(S(=O)(=O)N4CCN(C(=O)CCCCCCCCCCC(=O)C[C@H](C(=O)N5C[C@H](O)C[C@H]5C(=O)NCc5ccc(-c6scnc6C)cc5)C(C)(C)C)CC4)cc3)cn(C3CCC(O)CC3)c2n1. The van der Waals surface area contributed by atoms with Crippen LogP contribution in [-0.2, 0) is 35.7 Å². The van der Waals surface area contributed by atoms with Crippen LogP contribution >= 0.6 is 11.3 Å². The minimum Gasteiger partial charge on any atom is -0.393 e. The standard InChI is InChI=1S/C61H85N9O8S2/c1-6-7-30-62-60-64-38-51-52(40-69(57(51)66-60)46-24-26-47(71)27-25-46)44-22-28-50(29-23-44)80(77,78)68-33-31-67(32-34-68)55(74)17-15-13-11-9-8-10-12-14-16-48(72)35-53(61(3,4)5)59(76)70-39-49(73)36-54(70)58(75)63-37-43-18-20-45(21-19-43)56-42(2)65-41-79-56/h18-23,28-29,38,40-41,46-47,49,53-54,71,73H,6-17,24-27,30-37,39H2,1-5H3,(H,63,75)(H,62,64,66)/t46?,47?,49-,53-,54+/m1/s1. The van der Waals surface area contributed by atoms with E-state index in [-0.39, 0.29) is 79.6 Å². The Morgan fingerprint density at radius 3 is 2.09 bits per heavy atom. The molecule has 3 amide bonds. The Balaban J connectivity index is 0.707. The highest BCUT2D eigenvalue weighted by Gasteiger charge is 2.44. The average molecular weight is 1140 g/mol. The number of thiazole rings is 1. The van der Waals surface area contributed by atoms with E-state index in [0.29, 0.717) is 31.9 Å². The number of hydrogen-bond acceptors (Lipinski definition) is 13. The van der Waals surface area contributed by atoms with Gasteiger partial charge in [-0.05, 0) is 86.1 Å². The number of anilines is 1. The molecule has 2 saturated heterocycles. The Kier molecular flexibility index (Phi) is 21.1. The smallest absolute Gasteiger partial charge is 0.243 e. The Labute approximate surface area is 477 Å². The largest absolute Gasteiger partial charge is 0.393 e. The van der Waals surface area contributed by atoms with E-state index in [1.165, 1.54) is 9.21 Å². The van der Waals surface area contributed by atoms with Gasteiger partial charge in [-0.2, -0.15) is 9.29 Å². The number of nitrogens with one attached hydrogen (secondary N) is 2. The van der Waals surface area contributed by atoms with E-state index in [9.17, 15) is 37.8 Å². The number of rotatable bonds is 26. The van der Waals surface area contributed by atoms with Crippen molar-refractivity contribution in [3.05, 3.63) is 77.7 Å². The first-order chi connectivity index (χ1) is 38.4. The van der Waals surface area contributed by atoms with Gasteiger partial charge in [0.25, 0.3) is 0 Å². The number of carbonyl (C=O) groups is 4. The highest BCUT2D eigenvalue weighted by atomic mass is 32.2. The van der Waals surface area contributed by atoms with Crippen LogP contribution in [0.15, 0.2) is 71.3 Å². The van der Waals surface area contributed by atoms with Gasteiger partial charge in [0.15, 0.2) is 0 Å². The van der Waals surface area contributed by atoms with Crippen molar-refractivity contribution in [2.75, 3.05) is 44.6 Å². The monoisotopic (exact) mass is 1140 g/mol. The number of aliphatic hydroxyl groups excluding tert-OH is 2. The summed E-state index contributed by atoms with van der Waals surface area (Å²) in [5, 5.41) is 28.1. The summed E-state index contributed by atoms with van der Waals surface area (Å²) in [7, 11) is -3.78. The average Bonchev–Trinajstić information content (AvgIpc) is 4.19. The van der Waals surface area contributed by atoms with E-state index in [0.717, 1.165) is 140 Å². The van der Waals surface area contributed by atoms with E-state index in [4.69, 9.17) is 4.98 Å². The van der Waals surface area contributed by atoms with E-state index >= 15 is 0 Å². The molecule has 1 saturated carbocycles. The van der Waals surface area contributed by atoms with Crippen LogP contribution in [0.5, 0.6) is 0 Å². The molecule has 0 spiro atoms. The van der Waals surface area contributed by atoms with Crippen LogP contribution < -0.4 is 10.6 Å². The summed E-state index contributed by atoms with van der Waals surface area (Å²) in [5.41, 5.74) is 6.88. The number of Topliss-reactive ketones (excluding diaryl/α,β-unsaturated/α-hetero) is 1. The second-order valence-electron chi connectivity index (χ2n) is 23.5. The van der Waals surface area contributed by atoms with Crippen molar-refractivity contribution in [2.24, 2.45) is 11.3 Å². The van der Waals surface area contributed by atoms with E-state index < -0.39 is 33.5 Å². The highest BCUT2D eigenvalue weighted by Crippen LogP contribution is 2.38. The first kappa shape index (κ1) is 60.5. The van der Waals surface area contributed by atoms with Crippen LogP contribution in [0.25, 0.3) is 32.6 Å². The zero-order chi connectivity index (χ0) is 57.0. The molecule has 0 radical (unpaired) electrons. The van der Waals surface area contributed by atoms with Crippen LogP contribution in [-0.4, -0.2) is 133 Å². The lowest BCUT2D eigenvalue weighted by Crippen LogP contribution is -2.50. The van der Waals surface area contributed by atoms with Crippen LogP contribution in [0.3, 0.4) is 0 Å². The Morgan fingerprint density at radius 1 is 0.800 bits per heavy atom. The first-order valence-corrected chi connectivity index (χ1v) is 31.7. The molecule has 0 unspecified atom stereocenters. The van der Waals surface area contributed by atoms with Gasteiger partial charge in [-0.15, -0.1) is 11.3 Å². The number of carbonyl (C=O) groups excluding carboxylic acids is 4. The molecule has 3 aromatic heterocycles. The molecule has 80 heavy (non-hydrogen) atoms. The van der Waals surface area contributed by atoms with E-state index in [1.807, 2.05) is 75.8 Å². The van der Waals surface area contributed by atoms with Gasteiger partial charge in [0.2, 0.25) is 33.7 Å². The van der Waals surface area contributed by atoms with Gasteiger partial charge in [-0.25, -0.2) is 18.4 Å². The zero-order valence-corrected chi connectivity index (χ0v) is 49.3.